The van der Waals surface area contributed by atoms with Crippen molar-refractivity contribution in [3.05, 3.63) is 59.2 Å². The molecule has 2 rings (SSSR count). The van der Waals surface area contributed by atoms with E-state index in [2.05, 4.69) is 5.32 Å². The fraction of sp³-hybridized carbons (Fsp3) is 0.133. The van der Waals surface area contributed by atoms with Crippen LogP contribution in [0, 0.1) is 13.8 Å². The van der Waals surface area contributed by atoms with Crippen LogP contribution in [0.5, 0.6) is 0 Å². The molecular formula is C15H16NNaO2. The zero-order valence-corrected chi connectivity index (χ0v) is 13.4. The molecular weight excluding hydrogens is 249 g/mol. The normalized spacial score (nSPS) is 9.58. The van der Waals surface area contributed by atoms with Crippen molar-refractivity contribution in [1.29, 1.82) is 0 Å². The summed E-state index contributed by atoms with van der Waals surface area (Å²) >= 11 is 0. The second kappa shape index (κ2) is 6.75. The topological polar surface area (TPSA) is 49.3 Å². The van der Waals surface area contributed by atoms with E-state index in [0.29, 0.717) is 5.69 Å². The minimum absolute atomic E-state index is 0. The third kappa shape index (κ3) is 3.60. The molecule has 0 aliphatic rings. The zero-order chi connectivity index (χ0) is 13.1. The van der Waals surface area contributed by atoms with E-state index >= 15 is 0 Å². The standard InChI is InChI=1S/C15H15NO2.Na.H/c1-10-6-5-9-13(11(10)2)16-14-8-4-3-7-12(14)15(17)18;;/h3-9,16H,1-2H3,(H,17,18);;/q;+1;-1. The van der Waals surface area contributed by atoms with Gasteiger partial charge in [-0.3, -0.25) is 0 Å². The summed E-state index contributed by atoms with van der Waals surface area (Å²) in [5.41, 5.74) is 4.12. The summed E-state index contributed by atoms with van der Waals surface area (Å²) in [6.07, 6.45) is 0. The van der Waals surface area contributed by atoms with Gasteiger partial charge in [-0.15, -0.1) is 0 Å². The number of rotatable bonds is 3. The van der Waals surface area contributed by atoms with Crippen molar-refractivity contribution in [1.82, 2.24) is 0 Å². The molecule has 0 atom stereocenters. The first-order valence-electron chi connectivity index (χ1n) is 5.75. The van der Waals surface area contributed by atoms with Gasteiger partial charge >= 0.3 is 35.5 Å². The largest absolute Gasteiger partial charge is 1.00 e. The predicted molar refractivity (Wildman–Crippen MR) is 73.7 cm³/mol. The molecule has 0 fully saturated rings. The Bertz CT molecular complexity index is 602. The van der Waals surface area contributed by atoms with Gasteiger partial charge in [0.2, 0.25) is 0 Å². The molecule has 0 aliphatic heterocycles. The first-order chi connectivity index (χ1) is 8.59. The van der Waals surface area contributed by atoms with Crippen LogP contribution in [0.2, 0.25) is 0 Å². The first-order valence-corrected chi connectivity index (χ1v) is 5.75. The van der Waals surface area contributed by atoms with Crippen LogP contribution in [0.25, 0.3) is 0 Å². The number of carboxylic acid groups (broad SMARTS) is 1. The van der Waals surface area contributed by atoms with Gasteiger partial charge in [-0.05, 0) is 43.2 Å². The van der Waals surface area contributed by atoms with Crippen LogP contribution in [0.3, 0.4) is 0 Å². The molecule has 2 aromatic carbocycles. The van der Waals surface area contributed by atoms with Crippen LogP contribution in [0.1, 0.15) is 22.9 Å². The summed E-state index contributed by atoms with van der Waals surface area (Å²) in [5.74, 6) is -0.927. The molecule has 0 bridgehead atoms. The maximum absolute atomic E-state index is 11.1. The number of hydrogen-bond donors (Lipinski definition) is 2. The Kier molecular flexibility index (Phi) is 5.60. The third-order valence-electron chi connectivity index (χ3n) is 3.03. The third-order valence-corrected chi connectivity index (χ3v) is 3.03. The number of carbonyl (C=O) groups is 1. The quantitative estimate of drug-likeness (QED) is 0.809. The van der Waals surface area contributed by atoms with Crippen LogP contribution in [-0.4, -0.2) is 11.1 Å². The molecule has 2 N–H and O–H groups in total. The molecule has 0 saturated heterocycles. The molecule has 0 aromatic heterocycles. The van der Waals surface area contributed by atoms with E-state index in [-0.39, 0.29) is 36.5 Å². The molecule has 0 saturated carbocycles. The van der Waals surface area contributed by atoms with Crippen molar-refractivity contribution in [3.63, 3.8) is 0 Å². The fourth-order valence-corrected chi connectivity index (χ4v) is 1.81. The molecule has 4 heteroatoms. The summed E-state index contributed by atoms with van der Waals surface area (Å²) in [6, 6.07) is 12.8. The van der Waals surface area contributed by atoms with E-state index in [1.54, 1.807) is 18.2 Å². The molecule has 2 aromatic rings. The van der Waals surface area contributed by atoms with Crippen molar-refractivity contribution < 1.29 is 40.9 Å². The van der Waals surface area contributed by atoms with Gasteiger partial charge in [-0.2, -0.15) is 0 Å². The Morgan fingerprint density at radius 2 is 1.68 bits per heavy atom. The van der Waals surface area contributed by atoms with Gasteiger partial charge < -0.3 is 11.8 Å². The molecule has 0 amide bonds. The summed E-state index contributed by atoms with van der Waals surface area (Å²) < 4.78 is 0. The Hall–Kier alpha value is -1.29. The van der Waals surface area contributed by atoms with Crippen molar-refractivity contribution in [2.75, 3.05) is 5.32 Å². The molecule has 0 unspecified atom stereocenters. The van der Waals surface area contributed by atoms with E-state index in [1.807, 2.05) is 38.1 Å². The van der Waals surface area contributed by atoms with Gasteiger partial charge in [0.15, 0.2) is 0 Å². The molecule has 19 heavy (non-hydrogen) atoms. The predicted octanol–water partition coefficient (Wildman–Crippen LogP) is 0.862. The number of anilines is 2. The fourth-order valence-electron chi connectivity index (χ4n) is 1.81. The minimum Gasteiger partial charge on any atom is -1.00 e. The number of aromatic carboxylic acids is 1. The van der Waals surface area contributed by atoms with Gasteiger partial charge in [0.1, 0.15) is 0 Å². The first kappa shape index (κ1) is 15.8. The van der Waals surface area contributed by atoms with Crippen molar-refractivity contribution in [3.8, 4) is 0 Å². The maximum atomic E-state index is 11.1. The van der Waals surface area contributed by atoms with Gasteiger partial charge in [-0.1, -0.05) is 24.3 Å². The summed E-state index contributed by atoms with van der Waals surface area (Å²) in [5, 5.41) is 12.3. The van der Waals surface area contributed by atoms with Crippen LogP contribution in [-0.2, 0) is 0 Å². The monoisotopic (exact) mass is 265 g/mol. The molecule has 94 valence electrons. The number of carboxylic acids is 1. The van der Waals surface area contributed by atoms with Crippen molar-refractivity contribution in [2.24, 2.45) is 0 Å². The number of nitrogens with one attached hydrogen (secondary N) is 1. The number of hydrogen-bond acceptors (Lipinski definition) is 2. The second-order valence-corrected chi connectivity index (χ2v) is 4.22. The zero-order valence-electron chi connectivity index (χ0n) is 12.4. The molecule has 0 radical (unpaired) electrons. The van der Waals surface area contributed by atoms with Crippen molar-refractivity contribution in [2.45, 2.75) is 13.8 Å². The Labute approximate surface area is 136 Å². The Morgan fingerprint density at radius 3 is 2.37 bits per heavy atom. The maximum Gasteiger partial charge on any atom is 1.00 e. The average molecular weight is 265 g/mol. The minimum atomic E-state index is -0.927. The summed E-state index contributed by atoms with van der Waals surface area (Å²) in [7, 11) is 0. The van der Waals surface area contributed by atoms with E-state index in [1.165, 1.54) is 5.56 Å². The second-order valence-electron chi connectivity index (χ2n) is 4.22. The van der Waals surface area contributed by atoms with Crippen LogP contribution < -0.4 is 34.9 Å². The van der Waals surface area contributed by atoms with E-state index < -0.39 is 5.97 Å². The van der Waals surface area contributed by atoms with Crippen molar-refractivity contribution >= 4 is 17.3 Å². The van der Waals surface area contributed by atoms with Gasteiger partial charge in [0.05, 0.1) is 11.3 Å². The molecule has 0 aliphatic carbocycles. The van der Waals surface area contributed by atoms with Gasteiger partial charge in [0.25, 0.3) is 0 Å². The van der Waals surface area contributed by atoms with E-state index in [0.717, 1.165) is 11.3 Å². The van der Waals surface area contributed by atoms with Gasteiger partial charge in [-0.25, -0.2) is 4.79 Å². The van der Waals surface area contributed by atoms with Gasteiger partial charge in [0, 0.05) is 5.69 Å². The Morgan fingerprint density at radius 1 is 1.05 bits per heavy atom. The molecule has 3 nitrogen and oxygen atoms in total. The SMILES string of the molecule is Cc1cccc(Nc2ccccc2C(=O)O)c1C.[H-].[Na+]. The van der Waals surface area contributed by atoms with E-state index in [9.17, 15) is 4.79 Å². The number of benzene rings is 2. The summed E-state index contributed by atoms with van der Waals surface area (Å²) in [6.45, 7) is 4.05. The summed E-state index contributed by atoms with van der Waals surface area (Å²) in [4.78, 5) is 11.1. The van der Waals surface area contributed by atoms with Crippen LogP contribution in [0.15, 0.2) is 42.5 Å². The molecule has 0 heterocycles. The average Bonchev–Trinajstić information content (AvgIpc) is 2.35. The number of aryl methyl sites for hydroxylation is 1. The van der Waals surface area contributed by atoms with Crippen LogP contribution >= 0.6 is 0 Å². The molecule has 0 spiro atoms. The smallest absolute Gasteiger partial charge is 1.00 e. The van der Waals surface area contributed by atoms with E-state index in [4.69, 9.17) is 5.11 Å². The van der Waals surface area contributed by atoms with Crippen LogP contribution in [0.4, 0.5) is 11.4 Å². The Balaban J connectivity index is 0.00000180. The number of para-hydroxylation sites is 1.